The zero-order valence-corrected chi connectivity index (χ0v) is 20.0. The third-order valence-corrected chi connectivity index (χ3v) is 6.81. The molecule has 2 N–H and O–H groups in total. The lowest BCUT2D eigenvalue weighted by Crippen LogP contribution is -2.43. The largest absolute Gasteiger partial charge is 0.495 e. The average Bonchev–Trinajstić information content (AvgIpc) is 3.20. The number of rotatable bonds is 6. The van der Waals surface area contributed by atoms with Crippen LogP contribution >= 0.6 is 11.6 Å². The van der Waals surface area contributed by atoms with E-state index < -0.39 is 11.8 Å². The number of methoxy groups -OCH3 is 1. The third-order valence-electron chi connectivity index (χ3n) is 6.52. The Bertz CT molecular complexity index is 1020. The number of fused-ring (bicyclic) bond motifs is 1. The normalized spacial score (nSPS) is 16.8. The van der Waals surface area contributed by atoms with Gasteiger partial charge < -0.3 is 20.3 Å². The quantitative estimate of drug-likeness (QED) is 0.631. The SMILES string of the molecule is COc1ccc(NC(=O)C(=O)NCC(c2ccc3c(c2)CCN3C)N2CCCCC2)cc1Cl. The third kappa shape index (κ3) is 5.42. The Hall–Kier alpha value is -2.77. The van der Waals surface area contributed by atoms with Gasteiger partial charge in [0, 0.05) is 31.5 Å². The summed E-state index contributed by atoms with van der Waals surface area (Å²) in [6.07, 6.45) is 4.57. The number of halogens is 1. The number of piperidine rings is 1. The van der Waals surface area contributed by atoms with Gasteiger partial charge in [-0.05, 0) is 67.7 Å². The van der Waals surface area contributed by atoms with Crippen LogP contribution in [0.15, 0.2) is 36.4 Å². The molecule has 2 aromatic carbocycles. The molecule has 2 aliphatic rings. The number of hydrogen-bond donors (Lipinski definition) is 2. The molecule has 1 atom stereocenters. The predicted octanol–water partition coefficient (Wildman–Crippen LogP) is 3.62. The summed E-state index contributed by atoms with van der Waals surface area (Å²) in [5, 5.41) is 5.82. The molecule has 0 aromatic heterocycles. The number of likely N-dealkylation sites (N-methyl/N-ethyl adjacent to an activating group) is 1. The fourth-order valence-corrected chi connectivity index (χ4v) is 4.94. The van der Waals surface area contributed by atoms with Crippen LogP contribution in [-0.2, 0) is 16.0 Å². The monoisotopic (exact) mass is 470 g/mol. The second-order valence-electron chi connectivity index (χ2n) is 8.69. The van der Waals surface area contributed by atoms with E-state index in [1.807, 2.05) is 0 Å². The van der Waals surface area contributed by atoms with Gasteiger partial charge in [-0.3, -0.25) is 14.5 Å². The Labute approximate surface area is 200 Å². The lowest BCUT2D eigenvalue weighted by atomic mass is 9.98. The van der Waals surface area contributed by atoms with E-state index in [1.165, 1.54) is 30.3 Å². The van der Waals surface area contributed by atoms with Crippen LogP contribution in [0.3, 0.4) is 0 Å². The van der Waals surface area contributed by atoms with Gasteiger partial charge in [-0.1, -0.05) is 30.2 Å². The van der Waals surface area contributed by atoms with E-state index in [0.717, 1.165) is 38.9 Å². The molecule has 2 heterocycles. The summed E-state index contributed by atoms with van der Waals surface area (Å²) in [5.41, 5.74) is 4.25. The molecule has 7 nitrogen and oxygen atoms in total. The van der Waals surface area contributed by atoms with Crippen LogP contribution in [0.2, 0.25) is 5.02 Å². The van der Waals surface area contributed by atoms with Crippen LogP contribution in [-0.4, -0.2) is 57.1 Å². The minimum absolute atomic E-state index is 0.0358. The number of carbonyl (C=O) groups excluding carboxylic acids is 2. The molecule has 0 spiro atoms. The minimum atomic E-state index is -0.718. The predicted molar refractivity (Wildman–Crippen MR) is 131 cm³/mol. The molecule has 0 bridgehead atoms. The number of carbonyl (C=O) groups is 2. The van der Waals surface area contributed by atoms with E-state index in [2.05, 4.69) is 45.7 Å². The molecule has 2 aliphatic heterocycles. The zero-order valence-electron chi connectivity index (χ0n) is 19.2. The van der Waals surface area contributed by atoms with E-state index in [-0.39, 0.29) is 6.04 Å². The average molecular weight is 471 g/mol. The van der Waals surface area contributed by atoms with Gasteiger partial charge in [-0.15, -0.1) is 0 Å². The summed E-state index contributed by atoms with van der Waals surface area (Å²) < 4.78 is 5.12. The molecule has 176 valence electrons. The molecule has 0 saturated carbocycles. The number of nitrogens with zero attached hydrogens (tertiary/aromatic N) is 2. The van der Waals surface area contributed by atoms with E-state index in [4.69, 9.17) is 16.3 Å². The molecule has 4 rings (SSSR count). The van der Waals surface area contributed by atoms with Gasteiger partial charge in [0.15, 0.2) is 0 Å². The number of anilines is 2. The topological polar surface area (TPSA) is 73.9 Å². The molecule has 1 fully saturated rings. The number of benzene rings is 2. The standard InChI is InChI=1S/C25H31ClN4O3/c1-29-13-10-18-14-17(6-8-21(18)29)22(30-11-4-3-5-12-30)16-27-24(31)25(32)28-19-7-9-23(33-2)20(26)15-19/h6-9,14-15,22H,3-5,10-13,16H2,1-2H3,(H,27,31)(H,28,32). The lowest BCUT2D eigenvalue weighted by Gasteiger charge is -2.35. The van der Waals surface area contributed by atoms with Crippen molar-refractivity contribution >= 4 is 34.8 Å². The Morgan fingerprint density at radius 3 is 2.58 bits per heavy atom. The van der Waals surface area contributed by atoms with E-state index in [1.54, 1.807) is 18.2 Å². The van der Waals surface area contributed by atoms with Crippen LogP contribution in [0.25, 0.3) is 0 Å². The van der Waals surface area contributed by atoms with Crippen LogP contribution in [0.4, 0.5) is 11.4 Å². The summed E-state index contributed by atoms with van der Waals surface area (Å²) in [4.78, 5) is 29.8. The van der Waals surface area contributed by atoms with Crippen molar-refractivity contribution in [1.82, 2.24) is 10.2 Å². The molecule has 0 aliphatic carbocycles. The molecular formula is C25H31ClN4O3. The number of amides is 2. The Morgan fingerprint density at radius 1 is 1.06 bits per heavy atom. The van der Waals surface area contributed by atoms with Crippen molar-refractivity contribution in [3.8, 4) is 5.75 Å². The maximum Gasteiger partial charge on any atom is 0.313 e. The molecule has 33 heavy (non-hydrogen) atoms. The maximum absolute atomic E-state index is 12.6. The van der Waals surface area contributed by atoms with Crippen molar-refractivity contribution in [2.75, 3.05) is 50.6 Å². The first kappa shape index (κ1) is 23.4. The summed E-state index contributed by atoms with van der Waals surface area (Å²) in [5.74, 6) is -0.877. The lowest BCUT2D eigenvalue weighted by molar-refractivity contribution is -0.136. The molecule has 1 saturated heterocycles. The van der Waals surface area contributed by atoms with Gasteiger partial charge in [-0.2, -0.15) is 0 Å². The molecular weight excluding hydrogens is 440 g/mol. The minimum Gasteiger partial charge on any atom is -0.495 e. The smallest absolute Gasteiger partial charge is 0.313 e. The Kier molecular flexibility index (Phi) is 7.40. The van der Waals surface area contributed by atoms with Crippen LogP contribution in [0.5, 0.6) is 5.75 Å². The number of ether oxygens (including phenoxy) is 1. The van der Waals surface area contributed by atoms with Crippen molar-refractivity contribution in [3.05, 3.63) is 52.5 Å². The first-order valence-electron chi connectivity index (χ1n) is 11.5. The van der Waals surface area contributed by atoms with Gasteiger partial charge in [0.1, 0.15) is 5.75 Å². The van der Waals surface area contributed by atoms with Crippen molar-refractivity contribution in [2.24, 2.45) is 0 Å². The Morgan fingerprint density at radius 2 is 1.85 bits per heavy atom. The first-order valence-corrected chi connectivity index (χ1v) is 11.8. The fraction of sp³-hybridized carbons (Fsp3) is 0.440. The van der Waals surface area contributed by atoms with Gasteiger partial charge in [0.2, 0.25) is 0 Å². The summed E-state index contributed by atoms with van der Waals surface area (Å²) in [7, 11) is 3.63. The highest BCUT2D eigenvalue weighted by molar-refractivity contribution is 6.40. The number of nitrogens with one attached hydrogen (secondary N) is 2. The molecule has 1 unspecified atom stereocenters. The van der Waals surface area contributed by atoms with Gasteiger partial charge in [-0.25, -0.2) is 0 Å². The number of hydrogen-bond acceptors (Lipinski definition) is 5. The Balaban J connectivity index is 1.43. The maximum atomic E-state index is 12.6. The van der Waals surface area contributed by atoms with Gasteiger partial charge in [0.25, 0.3) is 0 Å². The number of likely N-dealkylation sites (tertiary alicyclic amines) is 1. The first-order chi connectivity index (χ1) is 16.0. The van der Waals surface area contributed by atoms with Crippen LogP contribution in [0.1, 0.15) is 36.4 Å². The molecule has 2 amide bonds. The second kappa shape index (κ2) is 10.4. The van der Waals surface area contributed by atoms with Crippen LogP contribution < -0.4 is 20.3 Å². The van der Waals surface area contributed by atoms with Gasteiger partial charge in [0.05, 0.1) is 18.2 Å². The zero-order chi connectivity index (χ0) is 23.4. The van der Waals surface area contributed by atoms with Crippen molar-refractivity contribution in [3.63, 3.8) is 0 Å². The van der Waals surface area contributed by atoms with E-state index >= 15 is 0 Å². The van der Waals surface area contributed by atoms with E-state index in [0.29, 0.717) is 23.0 Å². The molecule has 0 radical (unpaired) electrons. The summed E-state index contributed by atoms with van der Waals surface area (Å²) in [6.45, 7) is 3.39. The highest BCUT2D eigenvalue weighted by Gasteiger charge is 2.26. The summed E-state index contributed by atoms with van der Waals surface area (Å²) >= 11 is 6.11. The van der Waals surface area contributed by atoms with Crippen molar-refractivity contribution < 1.29 is 14.3 Å². The van der Waals surface area contributed by atoms with Crippen molar-refractivity contribution in [1.29, 1.82) is 0 Å². The molecule has 2 aromatic rings. The second-order valence-corrected chi connectivity index (χ2v) is 9.09. The molecule has 8 heteroatoms. The fourth-order valence-electron chi connectivity index (χ4n) is 4.68. The highest BCUT2D eigenvalue weighted by Crippen LogP contribution is 2.32. The van der Waals surface area contributed by atoms with E-state index in [9.17, 15) is 9.59 Å². The van der Waals surface area contributed by atoms with Crippen molar-refractivity contribution in [2.45, 2.75) is 31.7 Å². The highest BCUT2D eigenvalue weighted by atomic mass is 35.5. The van der Waals surface area contributed by atoms with Gasteiger partial charge >= 0.3 is 11.8 Å². The van der Waals surface area contributed by atoms with Crippen LogP contribution in [0, 0.1) is 0 Å². The summed E-state index contributed by atoms with van der Waals surface area (Å²) in [6, 6.07) is 11.5.